The molecular formula is C20H52Cl2Cr2N8O14. The van der Waals surface area contributed by atoms with Crippen LogP contribution in [0.3, 0.4) is 0 Å². The first kappa shape index (κ1) is 72.5. The van der Waals surface area contributed by atoms with Crippen LogP contribution < -0.4 is 79.8 Å². The molecule has 0 aromatic carbocycles. The molecule has 26 heteroatoms. The van der Waals surface area contributed by atoms with Crippen molar-refractivity contribution in [3.05, 3.63) is 0 Å². The molecule has 46 heavy (non-hydrogen) atoms. The minimum atomic E-state index is -4.94. The first-order valence-corrected chi connectivity index (χ1v) is 15.4. The van der Waals surface area contributed by atoms with Crippen molar-refractivity contribution in [2.45, 2.75) is 25.7 Å². The molecule has 0 saturated carbocycles. The largest absolute Gasteiger partial charge is 5.00 e. The van der Waals surface area contributed by atoms with E-state index in [1.54, 1.807) is 0 Å². The third-order valence-electron chi connectivity index (χ3n) is 4.74. The fourth-order valence-corrected chi connectivity index (χ4v) is 3.06. The molecule has 22 nitrogen and oxygen atoms in total. The minimum Gasteiger partial charge on any atom is -2.00 e. The monoisotopic (exact) mass is 802 g/mol. The summed E-state index contributed by atoms with van der Waals surface area (Å²) in [6.07, 6.45) is 4.89. The molecule has 0 bridgehead atoms. The molecular weight excluding hydrogens is 751 g/mol. The molecule has 12 N–H and O–H groups in total. The van der Waals surface area contributed by atoms with Crippen LogP contribution in [0, 0.1) is 20.5 Å². The van der Waals surface area contributed by atoms with Gasteiger partial charge in [-0.15, -0.1) is 20.5 Å². The van der Waals surface area contributed by atoms with Crippen molar-refractivity contribution >= 4 is 0 Å². The summed E-state index contributed by atoms with van der Waals surface area (Å²) in [5.41, 5.74) is 0. The summed E-state index contributed by atoms with van der Waals surface area (Å²) in [7, 11) is -9.89. The molecule has 0 aliphatic carbocycles. The van der Waals surface area contributed by atoms with Crippen LogP contribution in [-0.2, 0) is 56.6 Å². The SMILES string of the molecule is C1CNCCNCCCNCCNC1.C1CNCCNCCCNCCNC1.O.O.[Cr+5].[Cr+5].[O-2].[O-2].[O-2].[O-2].[O-][Cl+3]([O-])([O-])[O-].[O-][Cl+3]([O-])([O-])[O-]. The zero-order valence-electron chi connectivity index (χ0n) is 25.6. The van der Waals surface area contributed by atoms with Gasteiger partial charge in [0.2, 0.25) is 0 Å². The average Bonchev–Trinajstić information content (AvgIpc) is 2.80. The molecule has 2 saturated heterocycles. The maximum Gasteiger partial charge on any atom is 5.00 e. The van der Waals surface area contributed by atoms with Gasteiger partial charge in [-0.3, -0.25) is 0 Å². The van der Waals surface area contributed by atoms with Crippen molar-refractivity contribution in [2.75, 3.05) is 105 Å². The fraction of sp³-hybridized carbons (Fsp3) is 1.00. The molecule has 2 aliphatic heterocycles. The molecule has 2 radical (unpaired) electrons. The van der Waals surface area contributed by atoms with Crippen LogP contribution in [0.2, 0.25) is 0 Å². The summed E-state index contributed by atoms with van der Waals surface area (Å²) in [5.74, 6) is 0. The Labute approximate surface area is 297 Å². The van der Waals surface area contributed by atoms with E-state index in [9.17, 15) is 0 Å². The van der Waals surface area contributed by atoms with Crippen LogP contribution in [0.15, 0.2) is 0 Å². The molecule has 2 heterocycles. The van der Waals surface area contributed by atoms with Gasteiger partial charge in [0.15, 0.2) is 0 Å². The van der Waals surface area contributed by atoms with Crippen molar-refractivity contribution in [2.24, 2.45) is 0 Å². The molecule has 2 rings (SSSR count). The zero-order chi connectivity index (χ0) is 28.8. The quantitative estimate of drug-likeness (QED) is 0.113. The number of rotatable bonds is 0. The van der Waals surface area contributed by atoms with E-state index >= 15 is 0 Å². The van der Waals surface area contributed by atoms with Crippen LogP contribution in [0.4, 0.5) is 0 Å². The van der Waals surface area contributed by atoms with Gasteiger partial charge in [-0.2, -0.15) is 0 Å². The second kappa shape index (κ2) is 55.2. The Balaban J connectivity index is -0.0000000482. The maximum absolute atomic E-state index is 8.49. The van der Waals surface area contributed by atoms with Crippen LogP contribution >= 0.6 is 0 Å². The summed E-state index contributed by atoms with van der Waals surface area (Å²) in [4.78, 5) is 0. The standard InChI is InChI=1S/2C10H24N4.2ClHO4.2Cr.2H2O.4O/c2*1-3-11-7-9-13-5-2-6-14-10-8-12-4-1;2*2-1(3,4)5;;;;;;;;/h2*11-14H,1-10H2;2*(H,2,3,4,5);;;2*1H2;;;;/q;;;;2*+5;;;4*-2/p-2. The first-order valence-electron chi connectivity index (χ1n) is 12.9. The van der Waals surface area contributed by atoms with Crippen molar-refractivity contribution in [3.8, 4) is 0 Å². The van der Waals surface area contributed by atoms with Crippen molar-refractivity contribution in [1.82, 2.24) is 42.5 Å². The molecule has 2 aliphatic rings. The molecule has 0 aromatic rings. The number of halogens is 2. The van der Waals surface area contributed by atoms with E-state index in [0.717, 1.165) is 105 Å². The number of hydrogen-bond donors (Lipinski definition) is 8. The third kappa shape index (κ3) is 104. The average molecular weight is 804 g/mol. The van der Waals surface area contributed by atoms with E-state index in [1.165, 1.54) is 25.7 Å². The zero-order valence-corrected chi connectivity index (χ0v) is 29.7. The Kier molecular flexibility index (Phi) is 86.9. The predicted molar refractivity (Wildman–Crippen MR) is 131 cm³/mol. The Morgan fingerprint density at radius 2 is 0.348 bits per heavy atom. The number of nitrogens with one attached hydrogen (secondary N) is 8. The maximum atomic E-state index is 8.49. The normalized spacial score (nSPS) is 17.2. The van der Waals surface area contributed by atoms with Crippen LogP contribution in [0.25, 0.3) is 0 Å². The van der Waals surface area contributed by atoms with E-state index in [4.69, 9.17) is 37.3 Å². The Morgan fingerprint density at radius 3 is 0.435 bits per heavy atom. The Bertz CT molecular complexity index is 334. The molecule has 0 spiro atoms. The van der Waals surface area contributed by atoms with Gasteiger partial charge >= 0.3 is 34.7 Å². The van der Waals surface area contributed by atoms with E-state index < -0.39 is 20.5 Å². The van der Waals surface area contributed by atoms with Crippen LogP contribution in [0.1, 0.15) is 25.7 Å². The summed E-state index contributed by atoms with van der Waals surface area (Å²) in [6.45, 7) is 17.7. The van der Waals surface area contributed by atoms with Gasteiger partial charge in [0.1, 0.15) is 0 Å². The summed E-state index contributed by atoms with van der Waals surface area (Å²) in [5, 5.41) is 27.4. The van der Waals surface area contributed by atoms with Crippen molar-refractivity contribution in [1.29, 1.82) is 0 Å². The summed E-state index contributed by atoms with van der Waals surface area (Å²) < 4.78 is 67.9. The van der Waals surface area contributed by atoms with Gasteiger partial charge in [-0.05, 0) is 78.0 Å². The Hall–Kier alpha value is 0.765. The second-order valence-electron chi connectivity index (χ2n) is 8.17. The van der Waals surface area contributed by atoms with Gasteiger partial charge < -0.3 is 75.4 Å². The molecule has 0 unspecified atom stereocenters. The van der Waals surface area contributed by atoms with Crippen LogP contribution in [0.5, 0.6) is 0 Å². The summed E-state index contributed by atoms with van der Waals surface area (Å²) >= 11 is 0. The van der Waals surface area contributed by atoms with E-state index in [0.29, 0.717) is 0 Å². The molecule has 0 aromatic heterocycles. The van der Waals surface area contributed by atoms with E-state index in [1.807, 2.05) is 0 Å². The van der Waals surface area contributed by atoms with Crippen LogP contribution in [-0.4, -0.2) is 116 Å². The van der Waals surface area contributed by atoms with Gasteiger partial charge in [0.25, 0.3) is 0 Å². The van der Waals surface area contributed by atoms with Gasteiger partial charge in [-0.1, -0.05) is 0 Å². The number of hydrogen-bond acceptors (Lipinski definition) is 16. The van der Waals surface area contributed by atoms with E-state index in [2.05, 4.69) is 42.5 Å². The first-order chi connectivity index (χ1) is 18.0. The topological polar surface area (TPSA) is 458 Å². The van der Waals surface area contributed by atoms with Crippen molar-refractivity contribution < 1.29 is 125 Å². The molecule has 0 amide bonds. The fourth-order valence-electron chi connectivity index (χ4n) is 3.06. The van der Waals surface area contributed by atoms with E-state index in [-0.39, 0.29) is 67.6 Å². The second-order valence-corrected chi connectivity index (χ2v) is 9.68. The Morgan fingerprint density at radius 1 is 0.261 bits per heavy atom. The van der Waals surface area contributed by atoms with Gasteiger partial charge in [0.05, 0.1) is 0 Å². The van der Waals surface area contributed by atoms with Gasteiger partial charge in [-0.25, -0.2) is 37.3 Å². The third-order valence-corrected chi connectivity index (χ3v) is 4.74. The molecule has 0 atom stereocenters. The minimum absolute atomic E-state index is 0. The molecule has 2 fully saturated rings. The smallest absolute Gasteiger partial charge is 2.00 e. The predicted octanol–water partition coefficient (Wildman–Crippen LogP) is -13.4. The van der Waals surface area contributed by atoms with Crippen molar-refractivity contribution in [3.63, 3.8) is 0 Å². The van der Waals surface area contributed by atoms with Gasteiger partial charge in [0, 0.05) is 52.4 Å². The summed E-state index contributed by atoms with van der Waals surface area (Å²) in [6, 6.07) is 0. The molecule has 282 valence electrons.